The molecule has 0 saturated carbocycles. The van der Waals surface area contributed by atoms with Crippen LogP contribution in [0.3, 0.4) is 0 Å². The van der Waals surface area contributed by atoms with Crippen molar-refractivity contribution in [3.05, 3.63) is 48.0 Å². The summed E-state index contributed by atoms with van der Waals surface area (Å²) in [6.07, 6.45) is 6.74. The van der Waals surface area contributed by atoms with E-state index in [2.05, 4.69) is 24.3 Å². The van der Waals surface area contributed by atoms with Gasteiger partial charge in [-0.1, -0.05) is 42.5 Å². The van der Waals surface area contributed by atoms with Crippen molar-refractivity contribution < 1.29 is 19.3 Å². The molecule has 1 N–H and O–H groups in total. The first-order valence-corrected chi connectivity index (χ1v) is 8.35. The second-order valence-electron chi connectivity index (χ2n) is 6.29. The van der Waals surface area contributed by atoms with Gasteiger partial charge in [0.15, 0.2) is 5.79 Å². The minimum atomic E-state index is -0.582. The van der Waals surface area contributed by atoms with Crippen LogP contribution in [0, 0.1) is 0 Å². The summed E-state index contributed by atoms with van der Waals surface area (Å²) in [5.41, 5.74) is 1.15. The molecule has 0 bridgehead atoms. The Bertz CT molecular complexity index is 470. The highest BCUT2D eigenvalue weighted by Gasteiger charge is 2.39. The zero-order valence-corrected chi connectivity index (χ0v) is 14.1. The minimum absolute atomic E-state index is 0.0881. The van der Waals surface area contributed by atoms with E-state index >= 15 is 0 Å². The summed E-state index contributed by atoms with van der Waals surface area (Å²) in [4.78, 5) is 0. The number of hydrogen-bond donors (Lipinski definition) is 1. The van der Waals surface area contributed by atoms with Crippen molar-refractivity contribution in [1.82, 2.24) is 0 Å². The van der Waals surface area contributed by atoms with Crippen LogP contribution in [0.2, 0.25) is 0 Å². The molecule has 0 spiro atoms. The van der Waals surface area contributed by atoms with Crippen LogP contribution in [0.5, 0.6) is 0 Å². The third kappa shape index (κ3) is 6.43. The quantitative estimate of drug-likeness (QED) is 0.559. The Morgan fingerprint density at radius 2 is 1.96 bits per heavy atom. The highest BCUT2D eigenvalue weighted by molar-refractivity contribution is 5.13. The van der Waals surface area contributed by atoms with Crippen molar-refractivity contribution in [3.8, 4) is 0 Å². The molecule has 4 nitrogen and oxygen atoms in total. The third-order valence-electron chi connectivity index (χ3n) is 3.72. The van der Waals surface area contributed by atoms with Gasteiger partial charge in [0, 0.05) is 6.61 Å². The van der Waals surface area contributed by atoms with Gasteiger partial charge in [0.25, 0.3) is 0 Å². The molecule has 1 aliphatic rings. The Kier molecular flexibility index (Phi) is 7.24. The first-order chi connectivity index (χ1) is 11.1. The van der Waals surface area contributed by atoms with Crippen molar-refractivity contribution in [1.29, 1.82) is 0 Å². The highest BCUT2D eigenvalue weighted by Crippen LogP contribution is 2.29. The van der Waals surface area contributed by atoms with Crippen LogP contribution < -0.4 is 0 Å². The van der Waals surface area contributed by atoms with Crippen molar-refractivity contribution in [2.24, 2.45) is 0 Å². The first-order valence-electron chi connectivity index (χ1n) is 8.35. The zero-order chi connectivity index (χ0) is 16.5. The van der Waals surface area contributed by atoms with E-state index in [4.69, 9.17) is 19.3 Å². The lowest BCUT2D eigenvalue weighted by Crippen LogP contribution is -2.26. The van der Waals surface area contributed by atoms with Crippen LogP contribution in [-0.2, 0) is 20.8 Å². The lowest BCUT2D eigenvalue weighted by molar-refractivity contribution is -0.148. The maximum atomic E-state index is 8.79. The Labute approximate surface area is 139 Å². The van der Waals surface area contributed by atoms with Gasteiger partial charge in [-0.25, -0.2) is 0 Å². The van der Waals surface area contributed by atoms with Crippen molar-refractivity contribution in [2.75, 3.05) is 13.2 Å². The van der Waals surface area contributed by atoms with Gasteiger partial charge in [-0.05, 0) is 38.7 Å². The van der Waals surface area contributed by atoms with Crippen molar-refractivity contribution >= 4 is 0 Å². The molecule has 0 aliphatic carbocycles. The zero-order valence-electron chi connectivity index (χ0n) is 14.1. The molecule has 2 atom stereocenters. The van der Waals surface area contributed by atoms with Gasteiger partial charge in [-0.15, -0.1) is 0 Å². The topological polar surface area (TPSA) is 47.9 Å². The smallest absolute Gasteiger partial charge is 0.164 e. The molecule has 0 amide bonds. The lowest BCUT2D eigenvalue weighted by Gasteiger charge is -2.16. The molecular weight excluding hydrogens is 292 g/mol. The van der Waals surface area contributed by atoms with Crippen LogP contribution >= 0.6 is 0 Å². The number of hydrogen-bond acceptors (Lipinski definition) is 4. The molecule has 1 aromatic rings. The van der Waals surface area contributed by atoms with Gasteiger partial charge in [-0.2, -0.15) is 0 Å². The first kappa shape index (κ1) is 18.1. The molecule has 4 heteroatoms. The van der Waals surface area contributed by atoms with Crippen LogP contribution in [0.4, 0.5) is 0 Å². The molecule has 2 rings (SSSR count). The predicted molar refractivity (Wildman–Crippen MR) is 90.0 cm³/mol. The van der Waals surface area contributed by atoms with E-state index in [1.54, 1.807) is 0 Å². The lowest BCUT2D eigenvalue weighted by atomic mass is 10.1. The molecule has 0 unspecified atom stereocenters. The summed E-state index contributed by atoms with van der Waals surface area (Å²) < 4.78 is 17.7. The summed E-state index contributed by atoms with van der Waals surface area (Å²) in [6, 6.07) is 10.1. The van der Waals surface area contributed by atoms with E-state index in [-0.39, 0.29) is 18.8 Å². The molecule has 23 heavy (non-hydrogen) atoms. The Balaban J connectivity index is 1.79. The maximum absolute atomic E-state index is 8.79. The van der Waals surface area contributed by atoms with Crippen LogP contribution in [0.1, 0.15) is 38.7 Å². The summed E-state index contributed by atoms with van der Waals surface area (Å²) in [5, 5.41) is 8.79. The summed E-state index contributed by atoms with van der Waals surface area (Å²) in [6.45, 7) is 5.19. The number of unbranched alkanes of at least 4 members (excludes halogenated alkanes) is 2. The number of allylic oxidation sites excluding steroid dienone is 1. The van der Waals surface area contributed by atoms with Gasteiger partial charge in [-0.3, -0.25) is 0 Å². The molecule has 1 aliphatic heterocycles. The number of aliphatic hydroxyl groups is 1. The largest absolute Gasteiger partial charge is 0.396 e. The van der Waals surface area contributed by atoms with E-state index in [0.29, 0.717) is 13.2 Å². The fourth-order valence-electron chi connectivity index (χ4n) is 2.63. The summed E-state index contributed by atoms with van der Waals surface area (Å²) in [5.74, 6) is -0.582. The molecule has 0 aromatic heterocycles. The summed E-state index contributed by atoms with van der Waals surface area (Å²) in [7, 11) is 0. The highest BCUT2D eigenvalue weighted by atomic mass is 16.8. The molecule has 1 fully saturated rings. The normalized spacial score (nSPS) is 23.6. The average Bonchev–Trinajstić information content (AvgIpc) is 2.82. The van der Waals surface area contributed by atoms with E-state index < -0.39 is 5.79 Å². The molecule has 1 heterocycles. The van der Waals surface area contributed by atoms with Crippen LogP contribution in [0.25, 0.3) is 0 Å². The SMILES string of the molecule is CC1(C)O[C@@H](/C=C/CCCCO)[C@H](COCc2ccccc2)O1. The molecule has 1 aromatic carbocycles. The minimum Gasteiger partial charge on any atom is -0.396 e. The van der Waals surface area contributed by atoms with E-state index in [0.717, 1.165) is 24.8 Å². The van der Waals surface area contributed by atoms with E-state index in [9.17, 15) is 0 Å². The fraction of sp³-hybridized carbons (Fsp3) is 0.579. The van der Waals surface area contributed by atoms with Gasteiger partial charge >= 0.3 is 0 Å². The summed E-state index contributed by atoms with van der Waals surface area (Å²) >= 11 is 0. The predicted octanol–water partition coefficient (Wildman–Crippen LogP) is 3.44. The third-order valence-corrected chi connectivity index (χ3v) is 3.72. The monoisotopic (exact) mass is 320 g/mol. The van der Waals surface area contributed by atoms with Crippen molar-refractivity contribution in [3.63, 3.8) is 0 Å². The van der Waals surface area contributed by atoms with Gasteiger partial charge in [0.2, 0.25) is 0 Å². The van der Waals surface area contributed by atoms with Crippen LogP contribution in [0.15, 0.2) is 42.5 Å². The number of benzene rings is 1. The Morgan fingerprint density at radius 1 is 1.17 bits per heavy atom. The maximum Gasteiger partial charge on any atom is 0.164 e. The average molecular weight is 320 g/mol. The number of ether oxygens (including phenoxy) is 3. The van der Waals surface area contributed by atoms with Gasteiger partial charge < -0.3 is 19.3 Å². The van der Waals surface area contributed by atoms with Crippen molar-refractivity contribution in [2.45, 2.75) is 57.7 Å². The van der Waals surface area contributed by atoms with Crippen LogP contribution in [-0.4, -0.2) is 36.3 Å². The second-order valence-corrected chi connectivity index (χ2v) is 6.29. The second kappa shape index (κ2) is 9.18. The number of rotatable bonds is 9. The van der Waals surface area contributed by atoms with E-state index in [1.807, 2.05) is 32.0 Å². The Hall–Kier alpha value is -1.20. The fourth-order valence-corrected chi connectivity index (χ4v) is 2.63. The van der Waals surface area contributed by atoms with Gasteiger partial charge in [0.05, 0.1) is 13.2 Å². The molecule has 128 valence electrons. The standard InChI is InChI=1S/C19H28O4/c1-19(2)22-17(12-8-3-4-9-13-20)18(23-19)15-21-14-16-10-6-5-7-11-16/h5-8,10-12,17-18,20H,3-4,9,13-15H2,1-2H3/b12-8+/t17-,18-/m0/s1. The number of aliphatic hydroxyl groups excluding tert-OH is 1. The molecule has 0 radical (unpaired) electrons. The molecule has 1 saturated heterocycles. The Morgan fingerprint density at radius 3 is 2.70 bits per heavy atom. The van der Waals surface area contributed by atoms with E-state index in [1.165, 1.54) is 0 Å². The van der Waals surface area contributed by atoms with Gasteiger partial charge in [0.1, 0.15) is 12.2 Å². The molecular formula is C19H28O4.